The topological polar surface area (TPSA) is 50.2 Å². The maximum absolute atomic E-state index is 11.8. The van der Waals surface area contributed by atoms with Gasteiger partial charge in [0.25, 0.3) is 5.56 Å². The van der Waals surface area contributed by atoms with Crippen LogP contribution in [0.2, 0.25) is 0 Å². The summed E-state index contributed by atoms with van der Waals surface area (Å²) in [6.45, 7) is 0. The number of fused-ring (bicyclic) bond motifs is 1. The van der Waals surface area contributed by atoms with Gasteiger partial charge in [0.1, 0.15) is 0 Å². The molecule has 2 aromatic rings. The van der Waals surface area contributed by atoms with E-state index >= 15 is 0 Å². The van der Waals surface area contributed by atoms with Crippen LogP contribution in [0.5, 0.6) is 0 Å². The Hall–Kier alpha value is -1.58. The molecule has 3 rings (SSSR count). The third kappa shape index (κ3) is 2.12. The van der Waals surface area contributed by atoms with E-state index in [0.717, 1.165) is 23.7 Å². The molecule has 17 heavy (non-hydrogen) atoms. The molecule has 2 heterocycles. The van der Waals surface area contributed by atoms with E-state index in [1.807, 2.05) is 6.07 Å². The van der Waals surface area contributed by atoms with Crippen LogP contribution in [0.25, 0.3) is 5.65 Å². The second-order valence-electron chi connectivity index (χ2n) is 4.95. The maximum atomic E-state index is 11.8. The van der Waals surface area contributed by atoms with Gasteiger partial charge in [-0.3, -0.25) is 9.89 Å². The number of H-pyrrole nitrogens is 1. The van der Waals surface area contributed by atoms with Crippen molar-refractivity contribution in [1.29, 1.82) is 0 Å². The maximum Gasteiger partial charge on any atom is 0.272 e. The van der Waals surface area contributed by atoms with Gasteiger partial charge < -0.3 is 0 Å². The molecule has 4 nitrogen and oxygen atoms in total. The highest BCUT2D eigenvalue weighted by molar-refractivity contribution is 5.36. The fourth-order valence-corrected chi connectivity index (χ4v) is 2.77. The summed E-state index contributed by atoms with van der Waals surface area (Å²) < 4.78 is 1.48. The van der Waals surface area contributed by atoms with Crippen LogP contribution >= 0.6 is 0 Å². The zero-order chi connectivity index (χ0) is 11.7. The van der Waals surface area contributed by atoms with Crippen LogP contribution in [0.1, 0.15) is 37.8 Å². The van der Waals surface area contributed by atoms with E-state index in [9.17, 15) is 4.79 Å². The van der Waals surface area contributed by atoms with E-state index in [1.54, 1.807) is 12.3 Å². The molecule has 4 heteroatoms. The summed E-state index contributed by atoms with van der Waals surface area (Å²) in [5.41, 5.74) is 1.66. The molecule has 0 atom stereocenters. The Kier molecular flexibility index (Phi) is 2.71. The van der Waals surface area contributed by atoms with E-state index in [2.05, 4.69) is 10.1 Å². The minimum absolute atomic E-state index is 0.00851. The number of rotatable bonds is 2. The number of hydrogen-bond donors (Lipinski definition) is 1. The van der Waals surface area contributed by atoms with Crippen molar-refractivity contribution in [1.82, 2.24) is 14.6 Å². The monoisotopic (exact) mass is 231 g/mol. The summed E-state index contributed by atoms with van der Waals surface area (Å²) in [6.07, 6.45) is 9.29. The van der Waals surface area contributed by atoms with Gasteiger partial charge in [-0.15, -0.1) is 0 Å². The molecule has 1 fully saturated rings. The van der Waals surface area contributed by atoms with E-state index in [-0.39, 0.29) is 5.56 Å². The standard InChI is InChI=1S/C13H17N3O/c17-13-9-11(8-10-4-2-1-3-5-10)15-12-6-7-14-16(12)13/h6-7,9-10,14H,1-5,8H2. The average molecular weight is 231 g/mol. The summed E-state index contributed by atoms with van der Waals surface area (Å²) in [4.78, 5) is 16.3. The van der Waals surface area contributed by atoms with Crippen LogP contribution in [0.15, 0.2) is 23.1 Å². The molecule has 0 saturated heterocycles. The molecule has 1 aliphatic carbocycles. The van der Waals surface area contributed by atoms with E-state index in [4.69, 9.17) is 0 Å². The minimum Gasteiger partial charge on any atom is -0.297 e. The first-order valence-corrected chi connectivity index (χ1v) is 6.39. The summed E-state index contributed by atoms with van der Waals surface area (Å²) in [7, 11) is 0. The number of nitrogens with one attached hydrogen (secondary N) is 1. The molecule has 0 aromatic carbocycles. The van der Waals surface area contributed by atoms with Crippen molar-refractivity contribution in [2.45, 2.75) is 38.5 Å². The van der Waals surface area contributed by atoms with Crippen molar-refractivity contribution in [2.75, 3.05) is 0 Å². The second kappa shape index (κ2) is 4.35. The van der Waals surface area contributed by atoms with Gasteiger partial charge in [-0.25, -0.2) is 9.50 Å². The van der Waals surface area contributed by atoms with Crippen molar-refractivity contribution >= 4 is 5.65 Å². The Balaban J connectivity index is 1.87. The Labute approximate surface area is 99.7 Å². The molecule has 1 N–H and O–H groups in total. The van der Waals surface area contributed by atoms with Crippen molar-refractivity contribution in [2.24, 2.45) is 5.92 Å². The minimum atomic E-state index is -0.00851. The fraction of sp³-hybridized carbons (Fsp3) is 0.538. The first-order valence-electron chi connectivity index (χ1n) is 6.39. The quantitative estimate of drug-likeness (QED) is 0.861. The molecule has 2 aromatic heterocycles. The Morgan fingerprint density at radius 1 is 1.35 bits per heavy atom. The first-order chi connectivity index (χ1) is 8.33. The van der Waals surface area contributed by atoms with Crippen molar-refractivity contribution in [3.05, 3.63) is 34.4 Å². The van der Waals surface area contributed by atoms with Gasteiger partial charge in [-0.2, -0.15) is 0 Å². The molecule has 1 saturated carbocycles. The van der Waals surface area contributed by atoms with Gasteiger partial charge >= 0.3 is 0 Å². The molecule has 0 amide bonds. The summed E-state index contributed by atoms with van der Waals surface area (Å²) in [5.74, 6) is 0.719. The van der Waals surface area contributed by atoms with E-state index in [0.29, 0.717) is 0 Å². The largest absolute Gasteiger partial charge is 0.297 e. The van der Waals surface area contributed by atoms with Crippen LogP contribution in [-0.4, -0.2) is 14.6 Å². The third-order valence-corrected chi connectivity index (χ3v) is 3.66. The van der Waals surface area contributed by atoms with Crippen LogP contribution in [0, 0.1) is 5.92 Å². The van der Waals surface area contributed by atoms with Crippen LogP contribution < -0.4 is 5.56 Å². The second-order valence-corrected chi connectivity index (χ2v) is 4.95. The van der Waals surface area contributed by atoms with E-state index in [1.165, 1.54) is 36.6 Å². The summed E-state index contributed by atoms with van der Waals surface area (Å²) in [5, 5.41) is 2.86. The molecule has 0 unspecified atom stereocenters. The van der Waals surface area contributed by atoms with Gasteiger partial charge in [0.2, 0.25) is 0 Å². The highest BCUT2D eigenvalue weighted by Gasteiger charge is 2.15. The normalized spacial score (nSPS) is 17.6. The molecular weight excluding hydrogens is 214 g/mol. The number of nitrogens with zero attached hydrogens (tertiary/aromatic N) is 2. The lowest BCUT2D eigenvalue weighted by Gasteiger charge is -2.20. The molecule has 0 radical (unpaired) electrons. The Bertz CT molecular complexity index is 563. The Morgan fingerprint density at radius 3 is 3.00 bits per heavy atom. The van der Waals surface area contributed by atoms with Gasteiger partial charge in [0.05, 0.1) is 0 Å². The smallest absolute Gasteiger partial charge is 0.272 e. The predicted molar refractivity (Wildman–Crippen MR) is 66.1 cm³/mol. The Morgan fingerprint density at radius 2 is 2.18 bits per heavy atom. The van der Waals surface area contributed by atoms with E-state index < -0.39 is 0 Å². The molecule has 1 aliphatic rings. The summed E-state index contributed by atoms with van der Waals surface area (Å²) >= 11 is 0. The molecular formula is C13H17N3O. The number of hydrogen-bond acceptors (Lipinski definition) is 2. The SMILES string of the molecule is O=c1cc(CC2CCCCC2)nc2cc[nH]n12. The van der Waals surface area contributed by atoms with Gasteiger partial charge in [-0.05, 0) is 12.3 Å². The van der Waals surface area contributed by atoms with Crippen molar-refractivity contribution < 1.29 is 0 Å². The highest BCUT2D eigenvalue weighted by Crippen LogP contribution is 2.26. The third-order valence-electron chi connectivity index (χ3n) is 3.66. The molecule has 0 spiro atoms. The zero-order valence-corrected chi connectivity index (χ0v) is 9.85. The van der Waals surface area contributed by atoms with Crippen molar-refractivity contribution in [3.63, 3.8) is 0 Å². The van der Waals surface area contributed by atoms with Crippen LogP contribution in [-0.2, 0) is 6.42 Å². The lowest BCUT2D eigenvalue weighted by atomic mass is 9.86. The first kappa shape index (κ1) is 10.6. The van der Waals surface area contributed by atoms with Gasteiger partial charge in [-0.1, -0.05) is 32.1 Å². The zero-order valence-electron chi connectivity index (χ0n) is 9.85. The number of aromatic amines is 1. The van der Waals surface area contributed by atoms with Gasteiger partial charge in [0.15, 0.2) is 5.65 Å². The fourth-order valence-electron chi connectivity index (χ4n) is 2.77. The lowest BCUT2D eigenvalue weighted by Crippen LogP contribution is -2.17. The predicted octanol–water partition coefficient (Wildman–Crippen LogP) is 2.15. The number of aromatic nitrogens is 3. The van der Waals surface area contributed by atoms with Crippen LogP contribution in [0.3, 0.4) is 0 Å². The molecule has 0 aliphatic heterocycles. The van der Waals surface area contributed by atoms with Crippen molar-refractivity contribution in [3.8, 4) is 0 Å². The highest BCUT2D eigenvalue weighted by atomic mass is 16.1. The van der Waals surface area contributed by atoms with Crippen LogP contribution in [0.4, 0.5) is 0 Å². The molecule has 0 bridgehead atoms. The lowest BCUT2D eigenvalue weighted by molar-refractivity contribution is 0.354. The summed E-state index contributed by atoms with van der Waals surface area (Å²) in [6, 6.07) is 3.50. The molecule has 90 valence electrons. The van der Waals surface area contributed by atoms with Gasteiger partial charge in [0, 0.05) is 24.0 Å². The average Bonchev–Trinajstić information content (AvgIpc) is 2.79.